The lowest BCUT2D eigenvalue weighted by atomic mass is 9.90. The summed E-state index contributed by atoms with van der Waals surface area (Å²) in [5, 5.41) is 11.1. The van der Waals surface area contributed by atoms with Gasteiger partial charge in [0.05, 0.1) is 48.1 Å². The molecule has 0 aliphatic carbocycles. The zero-order chi connectivity index (χ0) is 34.3. The van der Waals surface area contributed by atoms with Crippen molar-refractivity contribution in [2.75, 3.05) is 47.9 Å². The predicted octanol–water partition coefficient (Wildman–Crippen LogP) is 3.89. The first-order valence-corrected chi connectivity index (χ1v) is 16.1. The maximum atomic E-state index is 13.7. The van der Waals surface area contributed by atoms with E-state index in [1.54, 1.807) is 55.1 Å². The molecule has 1 aliphatic heterocycles. The highest BCUT2D eigenvalue weighted by Gasteiger charge is 2.42. The molecule has 3 amide bonds. The van der Waals surface area contributed by atoms with Crippen LogP contribution in [0.3, 0.4) is 0 Å². The molecule has 2 N–H and O–H groups in total. The van der Waals surface area contributed by atoms with Gasteiger partial charge in [0.15, 0.2) is 0 Å². The molecule has 2 rings (SSSR count). The van der Waals surface area contributed by atoms with Gasteiger partial charge < -0.3 is 29.9 Å². The van der Waals surface area contributed by atoms with Crippen LogP contribution in [-0.2, 0) is 30.3 Å². The first kappa shape index (κ1) is 39.9. The van der Waals surface area contributed by atoms with Crippen LogP contribution in [0.5, 0.6) is 0 Å². The van der Waals surface area contributed by atoms with Gasteiger partial charge in [-0.15, -0.1) is 0 Å². The highest BCUT2D eigenvalue weighted by atomic mass is 16.6. The largest absolute Gasteiger partial charge is 0.379 e. The Morgan fingerprint density at radius 1 is 1.13 bits per heavy atom. The fourth-order valence-corrected chi connectivity index (χ4v) is 6.04. The molecule has 1 aromatic carbocycles. The number of likely N-dealkylation sites (tertiary alicyclic amines) is 1. The van der Waals surface area contributed by atoms with Crippen molar-refractivity contribution in [2.24, 2.45) is 17.6 Å². The summed E-state index contributed by atoms with van der Waals surface area (Å²) in [5.74, 6) is -0.884. The van der Waals surface area contributed by atoms with Crippen molar-refractivity contribution in [1.29, 1.82) is 0 Å². The van der Waals surface area contributed by atoms with Crippen molar-refractivity contribution in [1.82, 2.24) is 14.7 Å². The maximum absolute atomic E-state index is 13.7. The number of carbonyl (C=O) groups is 3. The zero-order valence-electron chi connectivity index (χ0n) is 28.9. The summed E-state index contributed by atoms with van der Waals surface area (Å²) in [7, 11) is 6.52. The number of ether oxygens (including phenoxy) is 2. The first-order valence-electron chi connectivity index (χ1n) is 16.1. The first-order chi connectivity index (χ1) is 21.3. The molecule has 0 saturated carbocycles. The molecule has 12 heteroatoms. The molecule has 12 nitrogen and oxygen atoms in total. The van der Waals surface area contributed by atoms with Gasteiger partial charge in [0, 0.05) is 53.5 Å². The third-order valence-corrected chi connectivity index (χ3v) is 8.69. The van der Waals surface area contributed by atoms with E-state index in [1.165, 1.54) is 18.6 Å². The van der Waals surface area contributed by atoms with Crippen LogP contribution in [-0.4, -0.2) is 110 Å². The SMILES string of the molecule is CCC.CCC(C)C(C(CC(=O)N1CCCC1C(OC)C(C)C(=O)N(C)CCc1cccc([N+](=O)[O-])c1)OC)N(C)C(=O)CN. The van der Waals surface area contributed by atoms with Crippen molar-refractivity contribution < 1.29 is 28.8 Å². The van der Waals surface area contributed by atoms with Crippen molar-refractivity contribution >= 4 is 23.4 Å². The number of nitro groups is 1. The number of nitrogens with zero attached hydrogens (tertiary/aromatic N) is 4. The number of nitrogens with two attached hydrogens (primary N) is 1. The summed E-state index contributed by atoms with van der Waals surface area (Å²) in [6, 6.07) is 5.80. The third kappa shape index (κ3) is 11.3. The van der Waals surface area contributed by atoms with Crippen molar-refractivity contribution in [2.45, 2.75) is 97.4 Å². The van der Waals surface area contributed by atoms with E-state index in [1.807, 2.05) is 20.8 Å². The average Bonchev–Trinajstić information content (AvgIpc) is 3.52. The van der Waals surface area contributed by atoms with Crippen LogP contribution < -0.4 is 5.73 Å². The third-order valence-electron chi connectivity index (χ3n) is 8.69. The van der Waals surface area contributed by atoms with Crippen LogP contribution in [0, 0.1) is 22.0 Å². The molecule has 1 fully saturated rings. The Morgan fingerprint density at radius 2 is 1.78 bits per heavy atom. The standard InChI is InChI=1S/C30H49N5O7.C3H8/c1-8-20(2)28(33(5)27(37)19-31)25(41-6)18-26(36)34-15-10-13-24(34)29(42-7)21(3)30(38)32(4)16-14-22-11-9-12-23(17-22)35(39)40;1-3-2/h9,11-12,17,20-21,24-25,28-29H,8,10,13-16,18-19,31H2,1-7H3;3H2,1-2H3. The highest BCUT2D eigenvalue weighted by Crippen LogP contribution is 2.29. The fourth-order valence-electron chi connectivity index (χ4n) is 6.04. The Balaban J connectivity index is 0.00000324. The zero-order valence-corrected chi connectivity index (χ0v) is 28.9. The van der Waals surface area contributed by atoms with E-state index in [0.717, 1.165) is 18.4 Å². The summed E-state index contributed by atoms with van der Waals surface area (Å²) >= 11 is 0. The lowest BCUT2D eigenvalue weighted by molar-refractivity contribution is -0.384. The molecule has 256 valence electrons. The molecule has 1 heterocycles. The van der Waals surface area contributed by atoms with E-state index in [2.05, 4.69) is 13.8 Å². The van der Waals surface area contributed by atoms with Gasteiger partial charge in [-0.25, -0.2) is 0 Å². The van der Waals surface area contributed by atoms with E-state index in [9.17, 15) is 24.5 Å². The average molecular weight is 636 g/mol. The molecule has 6 unspecified atom stereocenters. The van der Waals surface area contributed by atoms with Gasteiger partial charge in [-0.2, -0.15) is 0 Å². The number of methoxy groups -OCH3 is 2. The number of nitro benzene ring substituents is 1. The molecule has 1 saturated heterocycles. The minimum atomic E-state index is -0.525. The van der Waals surface area contributed by atoms with Crippen LogP contribution in [0.15, 0.2) is 24.3 Å². The molecule has 0 bridgehead atoms. The molecule has 45 heavy (non-hydrogen) atoms. The lowest BCUT2D eigenvalue weighted by Crippen LogP contribution is -2.54. The van der Waals surface area contributed by atoms with Crippen LogP contribution in [0.25, 0.3) is 0 Å². The van der Waals surface area contributed by atoms with Gasteiger partial charge in [-0.05, 0) is 30.7 Å². The second-order valence-electron chi connectivity index (χ2n) is 12.0. The Hall–Kier alpha value is -3.09. The van der Waals surface area contributed by atoms with Crippen LogP contribution in [0.1, 0.15) is 72.3 Å². The topological polar surface area (TPSA) is 149 Å². The number of carbonyl (C=O) groups excluding carboxylic acids is 3. The molecular formula is C33H57N5O7. The smallest absolute Gasteiger partial charge is 0.269 e. The predicted molar refractivity (Wildman–Crippen MR) is 176 cm³/mol. The highest BCUT2D eigenvalue weighted by molar-refractivity contribution is 5.81. The van der Waals surface area contributed by atoms with Gasteiger partial charge in [0.25, 0.3) is 5.69 Å². The molecule has 0 spiro atoms. The van der Waals surface area contributed by atoms with E-state index in [0.29, 0.717) is 25.9 Å². The molecule has 1 aliphatic rings. The second-order valence-corrected chi connectivity index (χ2v) is 12.0. The van der Waals surface area contributed by atoms with Gasteiger partial charge in [-0.1, -0.05) is 59.6 Å². The molecule has 0 aromatic heterocycles. The summed E-state index contributed by atoms with van der Waals surface area (Å²) in [4.78, 5) is 55.2. The van der Waals surface area contributed by atoms with E-state index in [4.69, 9.17) is 15.2 Å². The van der Waals surface area contributed by atoms with Crippen LogP contribution in [0.2, 0.25) is 0 Å². The molecule has 6 atom stereocenters. The Labute approximate surface area is 269 Å². The number of hydrogen-bond donors (Lipinski definition) is 1. The summed E-state index contributed by atoms with van der Waals surface area (Å²) in [6.07, 6.45) is 3.07. The van der Waals surface area contributed by atoms with Crippen molar-refractivity contribution in [3.05, 3.63) is 39.9 Å². The maximum Gasteiger partial charge on any atom is 0.269 e. The van der Waals surface area contributed by atoms with E-state index in [-0.39, 0.29) is 54.4 Å². The summed E-state index contributed by atoms with van der Waals surface area (Å²) < 4.78 is 11.6. The Kier molecular flexibility index (Phi) is 17.9. The van der Waals surface area contributed by atoms with Crippen molar-refractivity contribution in [3.8, 4) is 0 Å². The quantitative estimate of drug-likeness (QED) is 0.213. The lowest BCUT2D eigenvalue weighted by Gasteiger charge is -2.39. The number of non-ortho nitro benzene ring substituents is 1. The monoisotopic (exact) mass is 635 g/mol. The Morgan fingerprint density at radius 3 is 2.31 bits per heavy atom. The second kappa shape index (κ2) is 20.1. The van der Waals surface area contributed by atoms with Crippen molar-refractivity contribution in [3.63, 3.8) is 0 Å². The number of benzene rings is 1. The molecule has 0 radical (unpaired) electrons. The van der Waals surface area contributed by atoms with Gasteiger partial charge >= 0.3 is 0 Å². The number of amides is 3. The summed E-state index contributed by atoms with van der Waals surface area (Å²) in [5.41, 5.74) is 6.41. The fraction of sp³-hybridized carbons (Fsp3) is 0.727. The van der Waals surface area contributed by atoms with E-state index >= 15 is 0 Å². The van der Waals surface area contributed by atoms with E-state index < -0.39 is 23.0 Å². The minimum absolute atomic E-state index is 0.0177. The number of hydrogen-bond acceptors (Lipinski definition) is 8. The normalized spacial score (nSPS) is 17.7. The minimum Gasteiger partial charge on any atom is -0.379 e. The number of rotatable bonds is 16. The molecular weight excluding hydrogens is 578 g/mol. The van der Waals surface area contributed by atoms with Gasteiger partial charge in [0.1, 0.15) is 0 Å². The summed E-state index contributed by atoms with van der Waals surface area (Å²) in [6.45, 7) is 10.9. The number of likely N-dealkylation sites (N-methyl/N-ethyl adjacent to an activating group) is 2. The van der Waals surface area contributed by atoms with Crippen LogP contribution >= 0.6 is 0 Å². The van der Waals surface area contributed by atoms with Crippen LogP contribution in [0.4, 0.5) is 5.69 Å². The van der Waals surface area contributed by atoms with Gasteiger partial charge in [0.2, 0.25) is 17.7 Å². The Bertz CT molecular complexity index is 1090. The molecule has 1 aromatic rings. The van der Waals surface area contributed by atoms with Gasteiger partial charge in [-0.3, -0.25) is 24.5 Å².